The molecule has 2 aromatic carbocycles. The highest BCUT2D eigenvalue weighted by Gasteiger charge is 2.10. The smallest absolute Gasteiger partial charge is 0.387 e. The third kappa shape index (κ3) is 3.88. The molecule has 0 amide bonds. The van der Waals surface area contributed by atoms with E-state index < -0.39 is 18.2 Å². The number of benzene rings is 2. The van der Waals surface area contributed by atoms with Crippen LogP contribution in [0.4, 0.5) is 23.2 Å². The lowest BCUT2D eigenvalue weighted by Gasteiger charge is -2.09. The Morgan fingerprint density at radius 1 is 1.00 bits per heavy atom. The van der Waals surface area contributed by atoms with Crippen molar-refractivity contribution in [3.05, 3.63) is 59.7 Å². The second kappa shape index (κ2) is 6.27. The first-order valence-corrected chi connectivity index (χ1v) is 5.77. The molecule has 0 heterocycles. The van der Waals surface area contributed by atoms with Gasteiger partial charge in [0.25, 0.3) is 0 Å². The van der Waals surface area contributed by atoms with Gasteiger partial charge in [0.2, 0.25) is 0 Å². The second-order valence-corrected chi connectivity index (χ2v) is 4.00. The average molecular weight is 285 g/mol. The molecule has 0 aromatic heterocycles. The molecule has 2 nitrogen and oxygen atoms in total. The summed E-state index contributed by atoms with van der Waals surface area (Å²) in [5.41, 5.74) is 1.22. The summed E-state index contributed by atoms with van der Waals surface area (Å²) < 4.78 is 54.1. The molecule has 0 saturated carbocycles. The molecule has 2 aromatic rings. The maximum absolute atomic E-state index is 13.4. The van der Waals surface area contributed by atoms with Gasteiger partial charge in [0.05, 0.1) is 0 Å². The number of nitrogens with one attached hydrogen (secondary N) is 1. The van der Waals surface area contributed by atoms with E-state index in [0.717, 1.165) is 17.7 Å². The Hall–Kier alpha value is -2.24. The minimum Gasteiger partial charge on any atom is -0.432 e. The normalized spacial score (nSPS) is 10.7. The molecular formula is C14H11F4NO. The maximum atomic E-state index is 13.4. The molecule has 0 saturated heterocycles. The molecule has 6 heteroatoms. The van der Waals surface area contributed by atoms with Crippen molar-refractivity contribution in [3.63, 3.8) is 0 Å². The minimum atomic E-state index is -3.07. The van der Waals surface area contributed by atoms with E-state index >= 15 is 0 Å². The molecule has 2 rings (SSSR count). The molecular weight excluding hydrogens is 274 g/mol. The number of hydrogen-bond donors (Lipinski definition) is 1. The summed E-state index contributed by atoms with van der Waals surface area (Å²) in [6.07, 6.45) is 0. The standard InChI is InChI=1S/C14H11F4NO/c15-10-3-1-9(2-4-10)8-19-11-5-6-13(12(16)7-11)20-14(17)18/h1-7,14,19H,8H2. The van der Waals surface area contributed by atoms with Crippen molar-refractivity contribution in [1.29, 1.82) is 0 Å². The maximum Gasteiger partial charge on any atom is 0.387 e. The quantitative estimate of drug-likeness (QED) is 0.832. The lowest BCUT2D eigenvalue weighted by molar-refractivity contribution is -0.0521. The largest absolute Gasteiger partial charge is 0.432 e. The summed E-state index contributed by atoms with van der Waals surface area (Å²) in [5.74, 6) is -1.73. The van der Waals surface area contributed by atoms with Crippen LogP contribution < -0.4 is 10.1 Å². The van der Waals surface area contributed by atoms with E-state index in [-0.39, 0.29) is 5.82 Å². The first-order chi connectivity index (χ1) is 9.54. The topological polar surface area (TPSA) is 21.3 Å². The SMILES string of the molecule is Fc1ccc(CNc2ccc(OC(F)F)c(F)c2)cc1. The van der Waals surface area contributed by atoms with Gasteiger partial charge < -0.3 is 10.1 Å². The lowest BCUT2D eigenvalue weighted by atomic mass is 10.2. The van der Waals surface area contributed by atoms with Gasteiger partial charge in [0.1, 0.15) is 5.82 Å². The molecule has 0 spiro atoms. The predicted octanol–water partition coefficient (Wildman–Crippen LogP) is 4.18. The summed E-state index contributed by atoms with van der Waals surface area (Å²) in [5, 5.41) is 2.90. The highest BCUT2D eigenvalue weighted by molar-refractivity contribution is 5.47. The van der Waals surface area contributed by atoms with Gasteiger partial charge in [-0.2, -0.15) is 8.78 Å². The molecule has 0 atom stereocenters. The van der Waals surface area contributed by atoms with Crippen LogP contribution in [0.15, 0.2) is 42.5 Å². The van der Waals surface area contributed by atoms with Crippen LogP contribution in [0.1, 0.15) is 5.56 Å². The van der Waals surface area contributed by atoms with E-state index in [0.29, 0.717) is 12.2 Å². The van der Waals surface area contributed by atoms with Gasteiger partial charge in [0, 0.05) is 18.3 Å². The average Bonchev–Trinajstić information content (AvgIpc) is 2.40. The first-order valence-electron chi connectivity index (χ1n) is 5.77. The van der Waals surface area contributed by atoms with Crippen LogP contribution in [0.25, 0.3) is 0 Å². The zero-order valence-corrected chi connectivity index (χ0v) is 10.2. The van der Waals surface area contributed by atoms with Gasteiger partial charge in [-0.25, -0.2) is 8.78 Å². The van der Waals surface area contributed by atoms with E-state index in [4.69, 9.17) is 0 Å². The Labute approximate surface area is 113 Å². The number of halogens is 4. The molecule has 0 bridgehead atoms. The lowest BCUT2D eigenvalue weighted by Crippen LogP contribution is -2.05. The number of alkyl halides is 2. The van der Waals surface area contributed by atoms with E-state index in [1.807, 2.05) is 0 Å². The van der Waals surface area contributed by atoms with Crippen molar-refractivity contribution < 1.29 is 22.3 Å². The summed E-state index contributed by atoms with van der Waals surface area (Å²) in [6.45, 7) is -2.71. The summed E-state index contributed by atoms with van der Waals surface area (Å²) in [4.78, 5) is 0. The minimum absolute atomic E-state index is 0.340. The van der Waals surface area contributed by atoms with Crippen LogP contribution in [-0.2, 0) is 6.54 Å². The van der Waals surface area contributed by atoms with Crippen LogP contribution in [-0.4, -0.2) is 6.61 Å². The molecule has 106 valence electrons. The van der Waals surface area contributed by atoms with Crippen molar-refractivity contribution in [2.24, 2.45) is 0 Å². The zero-order chi connectivity index (χ0) is 14.5. The van der Waals surface area contributed by atoms with Gasteiger partial charge in [-0.1, -0.05) is 12.1 Å². The van der Waals surface area contributed by atoms with Crippen LogP contribution >= 0.6 is 0 Å². The van der Waals surface area contributed by atoms with Gasteiger partial charge in [-0.15, -0.1) is 0 Å². The molecule has 20 heavy (non-hydrogen) atoms. The number of anilines is 1. The Balaban J connectivity index is 1.99. The molecule has 0 radical (unpaired) electrons. The van der Waals surface area contributed by atoms with Crippen molar-refractivity contribution in [2.45, 2.75) is 13.2 Å². The number of rotatable bonds is 5. The van der Waals surface area contributed by atoms with Crippen LogP contribution in [0.2, 0.25) is 0 Å². The van der Waals surface area contributed by atoms with Crippen LogP contribution in [0, 0.1) is 11.6 Å². The van der Waals surface area contributed by atoms with Gasteiger partial charge >= 0.3 is 6.61 Å². The van der Waals surface area contributed by atoms with Crippen molar-refractivity contribution >= 4 is 5.69 Å². The van der Waals surface area contributed by atoms with Crippen molar-refractivity contribution in [3.8, 4) is 5.75 Å². The number of ether oxygens (including phenoxy) is 1. The first kappa shape index (κ1) is 14.2. The molecule has 0 unspecified atom stereocenters. The van der Waals surface area contributed by atoms with Crippen LogP contribution in [0.5, 0.6) is 5.75 Å². The van der Waals surface area contributed by atoms with Crippen molar-refractivity contribution in [1.82, 2.24) is 0 Å². The van der Waals surface area contributed by atoms with E-state index in [9.17, 15) is 17.6 Å². The van der Waals surface area contributed by atoms with E-state index in [1.54, 1.807) is 12.1 Å². The van der Waals surface area contributed by atoms with Crippen molar-refractivity contribution in [2.75, 3.05) is 5.32 Å². The molecule has 1 N–H and O–H groups in total. The summed E-state index contributed by atoms with van der Waals surface area (Å²) >= 11 is 0. The molecule has 0 fully saturated rings. The molecule has 0 aliphatic carbocycles. The van der Waals surface area contributed by atoms with Crippen LogP contribution in [0.3, 0.4) is 0 Å². The fraction of sp³-hybridized carbons (Fsp3) is 0.143. The third-order valence-corrected chi connectivity index (χ3v) is 2.56. The summed E-state index contributed by atoms with van der Waals surface area (Å²) in [6, 6.07) is 9.41. The predicted molar refractivity (Wildman–Crippen MR) is 66.8 cm³/mol. The Morgan fingerprint density at radius 3 is 2.30 bits per heavy atom. The van der Waals surface area contributed by atoms with Gasteiger partial charge in [-0.05, 0) is 29.8 Å². The second-order valence-electron chi connectivity index (χ2n) is 4.00. The van der Waals surface area contributed by atoms with E-state index in [1.165, 1.54) is 18.2 Å². The zero-order valence-electron chi connectivity index (χ0n) is 10.2. The summed E-state index contributed by atoms with van der Waals surface area (Å²) in [7, 11) is 0. The van der Waals surface area contributed by atoms with E-state index in [2.05, 4.69) is 10.1 Å². The highest BCUT2D eigenvalue weighted by atomic mass is 19.3. The van der Waals surface area contributed by atoms with Gasteiger partial charge in [-0.3, -0.25) is 0 Å². The monoisotopic (exact) mass is 285 g/mol. The molecule has 0 aliphatic rings. The Bertz CT molecular complexity index is 572. The fourth-order valence-electron chi connectivity index (χ4n) is 1.61. The Morgan fingerprint density at radius 2 is 1.70 bits per heavy atom. The Kier molecular flexibility index (Phi) is 4.45. The third-order valence-electron chi connectivity index (χ3n) is 2.56. The fourth-order valence-corrected chi connectivity index (χ4v) is 1.61. The highest BCUT2D eigenvalue weighted by Crippen LogP contribution is 2.23. The molecule has 0 aliphatic heterocycles. The van der Waals surface area contributed by atoms with Gasteiger partial charge in [0.15, 0.2) is 11.6 Å². The number of hydrogen-bond acceptors (Lipinski definition) is 2.